The number of para-hydroxylation sites is 1. The minimum absolute atomic E-state index is 0.0701. The van der Waals surface area contributed by atoms with E-state index in [9.17, 15) is 34.2 Å². The number of aliphatic hydroxyl groups is 1. The molecular formula is C22H29N5O8. The maximum atomic E-state index is 12.8. The summed E-state index contributed by atoms with van der Waals surface area (Å²) < 4.78 is 0. The number of rotatable bonds is 13. The molecule has 190 valence electrons. The molecule has 1 aromatic heterocycles. The van der Waals surface area contributed by atoms with Gasteiger partial charge in [-0.05, 0) is 25.0 Å². The summed E-state index contributed by atoms with van der Waals surface area (Å²) in [6.07, 6.45) is -0.626. The van der Waals surface area contributed by atoms with Gasteiger partial charge in [0.05, 0.1) is 12.6 Å². The van der Waals surface area contributed by atoms with Crippen LogP contribution in [0.3, 0.4) is 0 Å². The zero-order valence-electron chi connectivity index (χ0n) is 19.0. The molecule has 1 heterocycles. The van der Waals surface area contributed by atoms with Crippen LogP contribution >= 0.6 is 0 Å². The van der Waals surface area contributed by atoms with Gasteiger partial charge in [-0.2, -0.15) is 0 Å². The van der Waals surface area contributed by atoms with Crippen LogP contribution in [0.5, 0.6) is 0 Å². The fourth-order valence-electron chi connectivity index (χ4n) is 3.43. The van der Waals surface area contributed by atoms with Gasteiger partial charge < -0.3 is 42.0 Å². The minimum atomic E-state index is -1.57. The number of hydrogen-bond donors (Lipinski definition) is 8. The van der Waals surface area contributed by atoms with Crippen LogP contribution in [-0.2, 0) is 30.4 Å². The van der Waals surface area contributed by atoms with Crippen LogP contribution in [0, 0.1) is 0 Å². The number of aliphatic carboxylic acids is 2. The number of fused-ring (bicyclic) bond motifs is 1. The Morgan fingerprint density at radius 2 is 1.69 bits per heavy atom. The topological polar surface area (TPSA) is 224 Å². The molecule has 1 aromatic carbocycles. The van der Waals surface area contributed by atoms with Crippen molar-refractivity contribution in [2.75, 3.05) is 6.54 Å². The Kier molecular flexibility index (Phi) is 9.73. The van der Waals surface area contributed by atoms with E-state index in [0.717, 1.165) is 10.9 Å². The average molecular weight is 492 g/mol. The van der Waals surface area contributed by atoms with E-state index >= 15 is 0 Å². The van der Waals surface area contributed by atoms with Gasteiger partial charge in [0, 0.05) is 29.9 Å². The van der Waals surface area contributed by atoms with Crippen molar-refractivity contribution in [1.82, 2.24) is 20.9 Å². The predicted octanol–water partition coefficient (Wildman–Crippen LogP) is -1.55. The van der Waals surface area contributed by atoms with Gasteiger partial charge in [0.15, 0.2) is 0 Å². The van der Waals surface area contributed by atoms with Crippen LogP contribution in [0.15, 0.2) is 30.5 Å². The van der Waals surface area contributed by atoms with Gasteiger partial charge in [0.1, 0.15) is 18.1 Å². The monoisotopic (exact) mass is 491 g/mol. The molecule has 0 aliphatic heterocycles. The number of H-pyrrole nitrogens is 1. The van der Waals surface area contributed by atoms with Gasteiger partial charge in [-0.25, -0.2) is 4.79 Å². The summed E-state index contributed by atoms with van der Waals surface area (Å²) in [6.45, 7) is 0.760. The second-order valence-electron chi connectivity index (χ2n) is 7.95. The average Bonchev–Trinajstić information content (AvgIpc) is 3.21. The summed E-state index contributed by atoms with van der Waals surface area (Å²) in [7, 11) is 0. The molecule has 2 rings (SSSR count). The van der Waals surface area contributed by atoms with E-state index in [1.165, 1.54) is 6.92 Å². The van der Waals surface area contributed by atoms with E-state index < -0.39 is 66.9 Å². The molecule has 2 aromatic rings. The van der Waals surface area contributed by atoms with Crippen molar-refractivity contribution >= 4 is 40.6 Å². The molecule has 9 N–H and O–H groups in total. The molecule has 13 nitrogen and oxygen atoms in total. The highest BCUT2D eigenvalue weighted by Gasteiger charge is 2.32. The number of nitrogens with two attached hydrogens (primary N) is 1. The van der Waals surface area contributed by atoms with Gasteiger partial charge in [0.25, 0.3) is 0 Å². The number of aromatic nitrogens is 1. The standard InChI is InChI=1S/C22H29N5O8/c1-11(28)19(27-20(32)15(6-7-18(30)31)25-17(29)9-23)21(33)26-16(22(34)35)8-12-10-24-14-5-3-2-4-13(12)14/h2-5,10-11,15-16,19,24,28H,6-9,23H2,1H3,(H,25,29)(H,26,33)(H,27,32)(H,30,31)(H,34,35). The second kappa shape index (κ2) is 12.5. The number of aromatic amines is 1. The number of aliphatic hydroxyl groups excluding tert-OH is 1. The summed E-state index contributed by atoms with van der Waals surface area (Å²) in [5, 5.41) is 36.2. The molecule has 35 heavy (non-hydrogen) atoms. The lowest BCUT2D eigenvalue weighted by Gasteiger charge is -2.26. The first kappa shape index (κ1) is 27.3. The Balaban J connectivity index is 2.14. The van der Waals surface area contributed by atoms with Crippen molar-refractivity contribution in [1.29, 1.82) is 0 Å². The molecule has 0 saturated carbocycles. The molecule has 0 bridgehead atoms. The highest BCUT2D eigenvalue weighted by atomic mass is 16.4. The summed E-state index contributed by atoms with van der Waals surface area (Å²) >= 11 is 0. The number of carbonyl (C=O) groups excluding carboxylic acids is 3. The highest BCUT2D eigenvalue weighted by Crippen LogP contribution is 2.19. The molecule has 0 aliphatic carbocycles. The Hall–Kier alpha value is -3.97. The fraction of sp³-hybridized carbons (Fsp3) is 0.409. The number of nitrogens with one attached hydrogen (secondary N) is 4. The van der Waals surface area contributed by atoms with Crippen molar-refractivity contribution in [3.63, 3.8) is 0 Å². The van der Waals surface area contributed by atoms with E-state index in [1.54, 1.807) is 18.3 Å². The van der Waals surface area contributed by atoms with Crippen LogP contribution in [0.25, 0.3) is 10.9 Å². The van der Waals surface area contributed by atoms with Gasteiger partial charge >= 0.3 is 11.9 Å². The quantitative estimate of drug-likeness (QED) is 0.162. The zero-order valence-corrected chi connectivity index (χ0v) is 19.0. The van der Waals surface area contributed by atoms with Gasteiger partial charge in [-0.15, -0.1) is 0 Å². The molecule has 0 aliphatic rings. The molecule has 4 atom stereocenters. The van der Waals surface area contributed by atoms with Crippen molar-refractivity contribution in [2.24, 2.45) is 5.73 Å². The lowest BCUT2D eigenvalue weighted by Crippen LogP contribution is -2.59. The lowest BCUT2D eigenvalue weighted by molar-refractivity contribution is -0.143. The molecule has 0 saturated heterocycles. The van der Waals surface area contributed by atoms with E-state index in [1.807, 2.05) is 12.1 Å². The third-order valence-electron chi connectivity index (χ3n) is 5.26. The molecule has 0 fully saturated rings. The maximum Gasteiger partial charge on any atom is 0.326 e. The number of amides is 3. The van der Waals surface area contributed by atoms with Gasteiger partial charge in [-0.1, -0.05) is 18.2 Å². The van der Waals surface area contributed by atoms with Gasteiger partial charge in [0.2, 0.25) is 17.7 Å². The van der Waals surface area contributed by atoms with Crippen LogP contribution in [0.2, 0.25) is 0 Å². The summed E-state index contributed by atoms with van der Waals surface area (Å²) in [5.41, 5.74) is 6.66. The summed E-state index contributed by atoms with van der Waals surface area (Å²) in [4.78, 5) is 62.9. The van der Waals surface area contributed by atoms with Crippen LogP contribution in [0.4, 0.5) is 0 Å². The first-order valence-corrected chi connectivity index (χ1v) is 10.8. The number of carbonyl (C=O) groups is 5. The second-order valence-corrected chi connectivity index (χ2v) is 7.95. The predicted molar refractivity (Wildman–Crippen MR) is 123 cm³/mol. The Morgan fingerprint density at radius 1 is 1.00 bits per heavy atom. The van der Waals surface area contributed by atoms with Crippen molar-refractivity contribution < 1.29 is 39.3 Å². The van der Waals surface area contributed by atoms with Crippen molar-refractivity contribution in [3.05, 3.63) is 36.0 Å². The molecule has 0 spiro atoms. The summed E-state index contributed by atoms with van der Waals surface area (Å²) in [5.74, 6) is -5.16. The Bertz CT molecular complexity index is 1080. The third-order valence-corrected chi connectivity index (χ3v) is 5.26. The number of benzene rings is 1. The first-order valence-electron chi connectivity index (χ1n) is 10.8. The largest absolute Gasteiger partial charge is 0.481 e. The van der Waals surface area contributed by atoms with Crippen LogP contribution in [-0.4, -0.2) is 80.7 Å². The number of carboxylic acids is 2. The van der Waals surface area contributed by atoms with Crippen LogP contribution in [0.1, 0.15) is 25.3 Å². The molecular weight excluding hydrogens is 462 g/mol. The normalized spacial score (nSPS) is 14.4. The molecule has 3 amide bonds. The van der Waals surface area contributed by atoms with Crippen molar-refractivity contribution in [3.8, 4) is 0 Å². The van der Waals surface area contributed by atoms with E-state index in [-0.39, 0.29) is 12.8 Å². The number of carboxylic acid groups (broad SMARTS) is 2. The SMILES string of the molecule is CC(O)C(NC(=O)C(CCC(=O)O)NC(=O)CN)C(=O)NC(Cc1c[nH]c2ccccc12)C(=O)O. The zero-order chi connectivity index (χ0) is 26.1. The van der Waals surface area contributed by atoms with E-state index in [2.05, 4.69) is 20.9 Å². The van der Waals surface area contributed by atoms with E-state index in [4.69, 9.17) is 10.8 Å². The Labute approximate surface area is 200 Å². The molecule has 0 radical (unpaired) electrons. The van der Waals surface area contributed by atoms with E-state index in [0.29, 0.717) is 5.56 Å². The maximum absolute atomic E-state index is 12.8. The fourth-order valence-corrected chi connectivity index (χ4v) is 3.43. The van der Waals surface area contributed by atoms with Crippen LogP contribution < -0.4 is 21.7 Å². The molecule has 13 heteroatoms. The van der Waals surface area contributed by atoms with Gasteiger partial charge in [-0.3, -0.25) is 19.2 Å². The third kappa shape index (κ3) is 7.79. The molecule has 4 unspecified atom stereocenters. The minimum Gasteiger partial charge on any atom is -0.481 e. The smallest absolute Gasteiger partial charge is 0.326 e. The Morgan fingerprint density at radius 3 is 2.29 bits per heavy atom. The highest BCUT2D eigenvalue weighted by molar-refractivity contribution is 5.94. The van der Waals surface area contributed by atoms with Crippen molar-refractivity contribution in [2.45, 2.75) is 50.4 Å². The first-order chi connectivity index (χ1) is 16.5. The summed E-state index contributed by atoms with van der Waals surface area (Å²) in [6, 6.07) is 2.93. The number of hydrogen-bond acceptors (Lipinski definition) is 7. The lowest BCUT2D eigenvalue weighted by atomic mass is 10.0.